The molecule has 0 spiro atoms. The van der Waals surface area contributed by atoms with Crippen LogP contribution in [0.15, 0.2) is 10.7 Å². The van der Waals surface area contributed by atoms with Crippen molar-refractivity contribution in [3.8, 4) is 0 Å². The average Bonchev–Trinajstić information content (AvgIpc) is 3.28. The number of rotatable bonds is 8. The van der Waals surface area contributed by atoms with Crippen LogP contribution in [0.25, 0.3) is 5.65 Å². The summed E-state index contributed by atoms with van der Waals surface area (Å²) >= 11 is 0. The van der Waals surface area contributed by atoms with E-state index in [-0.39, 0.29) is 29.9 Å². The Morgan fingerprint density at radius 2 is 2.03 bits per heavy atom. The number of nitrogens with one attached hydrogen (secondary N) is 1. The first kappa shape index (κ1) is 21.0. The average molecular weight is 425 g/mol. The van der Waals surface area contributed by atoms with Crippen LogP contribution >= 0.6 is 0 Å². The monoisotopic (exact) mass is 425 g/mol. The van der Waals surface area contributed by atoms with Crippen LogP contribution in [0.3, 0.4) is 0 Å². The molecule has 1 aliphatic rings. The van der Waals surface area contributed by atoms with Crippen molar-refractivity contribution in [3.63, 3.8) is 0 Å². The Morgan fingerprint density at radius 1 is 1.29 bits per heavy atom. The highest BCUT2D eigenvalue weighted by molar-refractivity contribution is 5.98. The summed E-state index contributed by atoms with van der Waals surface area (Å²) in [6.45, 7) is 7.76. The van der Waals surface area contributed by atoms with E-state index >= 15 is 0 Å². The van der Waals surface area contributed by atoms with E-state index in [1.165, 1.54) is 6.20 Å². The zero-order valence-corrected chi connectivity index (χ0v) is 18.2. The van der Waals surface area contributed by atoms with Crippen LogP contribution in [-0.4, -0.2) is 36.6 Å². The molecule has 2 amide bonds. The van der Waals surface area contributed by atoms with E-state index in [4.69, 9.17) is 10.3 Å². The third-order valence-corrected chi connectivity index (χ3v) is 5.73. The molecule has 3 heterocycles. The van der Waals surface area contributed by atoms with Crippen LogP contribution in [-0.2, 0) is 11.2 Å². The summed E-state index contributed by atoms with van der Waals surface area (Å²) in [5.74, 6) is 1.01. The first-order chi connectivity index (χ1) is 14.8. The van der Waals surface area contributed by atoms with Gasteiger partial charge >= 0.3 is 0 Å². The molecule has 10 heteroatoms. The van der Waals surface area contributed by atoms with E-state index in [2.05, 4.69) is 25.5 Å². The van der Waals surface area contributed by atoms with Gasteiger partial charge < -0.3 is 15.6 Å². The number of hydrogen-bond donors (Lipinski definition) is 2. The van der Waals surface area contributed by atoms with Gasteiger partial charge in [-0.1, -0.05) is 19.0 Å². The molecule has 1 aliphatic carbocycles. The summed E-state index contributed by atoms with van der Waals surface area (Å²) in [7, 11) is 0. The zero-order chi connectivity index (χ0) is 22.3. The number of primary amides is 1. The summed E-state index contributed by atoms with van der Waals surface area (Å²) in [5.41, 5.74) is 8.59. The molecule has 1 saturated carbocycles. The third-order valence-electron chi connectivity index (χ3n) is 5.73. The van der Waals surface area contributed by atoms with Crippen molar-refractivity contribution in [2.75, 3.05) is 0 Å². The van der Waals surface area contributed by atoms with Gasteiger partial charge in [-0.05, 0) is 44.6 Å². The summed E-state index contributed by atoms with van der Waals surface area (Å²) in [4.78, 5) is 33.3. The number of aryl methyl sites for hydroxylation is 2. The highest BCUT2D eigenvalue weighted by Gasteiger charge is 2.31. The van der Waals surface area contributed by atoms with Gasteiger partial charge in [0.1, 0.15) is 11.6 Å². The van der Waals surface area contributed by atoms with Gasteiger partial charge in [0.05, 0.1) is 6.20 Å². The maximum absolute atomic E-state index is 12.7. The standard InChI is InChI=1S/C21H27N7O3/c1-10(2)17(21-26-19(27-31-21)13-5-6-13)25-16(29)8-7-14-11(3)24-20-15(18(22)30)9-23-28(20)12(14)4/h9-10,13,17H,5-8H2,1-4H3,(H2,22,30)(H,25,29). The smallest absolute Gasteiger partial charge is 0.254 e. The molecule has 1 fully saturated rings. The molecule has 3 aromatic rings. The lowest BCUT2D eigenvalue weighted by Crippen LogP contribution is -2.32. The Labute approximate surface area is 179 Å². The van der Waals surface area contributed by atoms with Crippen LogP contribution < -0.4 is 11.1 Å². The van der Waals surface area contributed by atoms with Gasteiger partial charge in [-0.3, -0.25) is 9.59 Å². The molecule has 0 radical (unpaired) electrons. The van der Waals surface area contributed by atoms with Gasteiger partial charge in [0.15, 0.2) is 11.5 Å². The Kier molecular flexibility index (Phi) is 5.47. The van der Waals surface area contributed by atoms with Crippen LogP contribution in [0, 0.1) is 19.8 Å². The molecular formula is C21H27N7O3. The predicted octanol–water partition coefficient (Wildman–Crippen LogP) is 2.15. The largest absolute Gasteiger partial charge is 0.365 e. The van der Waals surface area contributed by atoms with Gasteiger partial charge in [0.25, 0.3) is 5.91 Å². The van der Waals surface area contributed by atoms with Crippen LogP contribution in [0.2, 0.25) is 0 Å². The summed E-state index contributed by atoms with van der Waals surface area (Å²) in [5, 5.41) is 11.3. The van der Waals surface area contributed by atoms with Gasteiger partial charge in [-0.15, -0.1) is 0 Å². The number of amides is 2. The second-order valence-electron chi connectivity index (χ2n) is 8.47. The summed E-state index contributed by atoms with van der Waals surface area (Å²) < 4.78 is 7.02. The lowest BCUT2D eigenvalue weighted by Gasteiger charge is -2.19. The summed E-state index contributed by atoms with van der Waals surface area (Å²) in [6.07, 6.45) is 4.35. The van der Waals surface area contributed by atoms with E-state index in [0.29, 0.717) is 23.9 Å². The maximum Gasteiger partial charge on any atom is 0.254 e. The minimum Gasteiger partial charge on any atom is -0.365 e. The number of fused-ring (bicyclic) bond motifs is 1. The fourth-order valence-electron chi connectivity index (χ4n) is 3.73. The number of carbonyl (C=O) groups is 2. The normalized spacial score (nSPS) is 14.9. The predicted molar refractivity (Wildman–Crippen MR) is 111 cm³/mol. The van der Waals surface area contributed by atoms with Crippen molar-refractivity contribution in [2.45, 2.75) is 65.3 Å². The van der Waals surface area contributed by atoms with Crippen molar-refractivity contribution in [2.24, 2.45) is 11.7 Å². The quantitative estimate of drug-likeness (QED) is 0.563. The molecule has 10 nitrogen and oxygen atoms in total. The van der Waals surface area contributed by atoms with E-state index < -0.39 is 5.91 Å². The van der Waals surface area contributed by atoms with Gasteiger partial charge in [-0.2, -0.15) is 10.1 Å². The minimum atomic E-state index is -0.570. The van der Waals surface area contributed by atoms with Crippen molar-refractivity contribution in [1.29, 1.82) is 0 Å². The van der Waals surface area contributed by atoms with Crippen molar-refractivity contribution >= 4 is 17.5 Å². The molecule has 0 aliphatic heterocycles. The molecule has 31 heavy (non-hydrogen) atoms. The fourth-order valence-corrected chi connectivity index (χ4v) is 3.73. The van der Waals surface area contributed by atoms with Crippen LogP contribution in [0.1, 0.15) is 84.1 Å². The second-order valence-corrected chi connectivity index (χ2v) is 8.47. The Hall–Kier alpha value is -3.30. The molecule has 1 atom stereocenters. The summed E-state index contributed by atoms with van der Waals surface area (Å²) in [6, 6.07) is -0.334. The minimum absolute atomic E-state index is 0.106. The molecule has 3 aromatic heterocycles. The molecule has 0 aromatic carbocycles. The number of hydrogen-bond acceptors (Lipinski definition) is 7. The molecule has 1 unspecified atom stereocenters. The maximum atomic E-state index is 12.7. The highest BCUT2D eigenvalue weighted by Crippen LogP contribution is 2.38. The first-order valence-electron chi connectivity index (χ1n) is 10.5. The van der Waals surface area contributed by atoms with E-state index in [0.717, 1.165) is 35.6 Å². The zero-order valence-electron chi connectivity index (χ0n) is 18.2. The van der Waals surface area contributed by atoms with Crippen molar-refractivity contribution in [1.82, 2.24) is 30.1 Å². The second kappa shape index (κ2) is 8.09. The van der Waals surface area contributed by atoms with E-state index in [1.54, 1.807) is 4.52 Å². The molecule has 0 bridgehead atoms. The molecule has 3 N–H and O–H groups in total. The fraction of sp³-hybridized carbons (Fsp3) is 0.524. The van der Waals surface area contributed by atoms with Gasteiger partial charge in [0.2, 0.25) is 11.8 Å². The molecule has 0 saturated heterocycles. The molecular weight excluding hydrogens is 398 g/mol. The number of carbonyl (C=O) groups excluding carboxylic acids is 2. The van der Waals surface area contributed by atoms with Crippen LogP contribution in [0.4, 0.5) is 0 Å². The van der Waals surface area contributed by atoms with Crippen molar-refractivity contribution < 1.29 is 14.1 Å². The molecule has 164 valence electrons. The van der Waals surface area contributed by atoms with Crippen LogP contribution in [0.5, 0.6) is 0 Å². The Balaban J connectivity index is 1.47. The molecule has 4 rings (SSSR count). The van der Waals surface area contributed by atoms with E-state index in [9.17, 15) is 9.59 Å². The Morgan fingerprint density at radius 3 is 2.68 bits per heavy atom. The van der Waals surface area contributed by atoms with E-state index in [1.807, 2.05) is 27.7 Å². The topological polar surface area (TPSA) is 141 Å². The lowest BCUT2D eigenvalue weighted by molar-refractivity contribution is -0.122. The SMILES string of the molecule is Cc1nc2c(C(N)=O)cnn2c(C)c1CCC(=O)NC(c1nc(C2CC2)no1)C(C)C. The van der Waals surface area contributed by atoms with Crippen molar-refractivity contribution in [3.05, 3.63) is 40.4 Å². The number of nitrogens with two attached hydrogens (primary N) is 1. The number of nitrogens with zero attached hydrogens (tertiary/aromatic N) is 5. The Bertz CT molecular complexity index is 1140. The lowest BCUT2D eigenvalue weighted by atomic mass is 10.0. The van der Waals surface area contributed by atoms with Gasteiger partial charge in [-0.25, -0.2) is 9.50 Å². The number of aromatic nitrogens is 5. The van der Waals surface area contributed by atoms with Gasteiger partial charge in [0, 0.05) is 23.7 Å². The first-order valence-corrected chi connectivity index (χ1v) is 10.5. The highest BCUT2D eigenvalue weighted by atomic mass is 16.5. The third kappa shape index (κ3) is 4.14.